The molecule has 0 aliphatic carbocycles. The number of rotatable bonds is 6. The zero-order valence-electron chi connectivity index (χ0n) is 30.6. The summed E-state index contributed by atoms with van der Waals surface area (Å²) in [6.07, 6.45) is 0. The maximum absolute atomic E-state index is 6.29. The van der Waals surface area contributed by atoms with Crippen LogP contribution in [-0.2, 0) is 0 Å². The van der Waals surface area contributed by atoms with E-state index in [2.05, 4.69) is 205 Å². The summed E-state index contributed by atoms with van der Waals surface area (Å²) < 4.78 is 6.29. The molecule has 11 aromatic rings. The Morgan fingerprint density at radius 3 is 1.54 bits per heavy atom. The van der Waals surface area contributed by atoms with Gasteiger partial charge in [-0.15, -0.1) is 0 Å². The van der Waals surface area contributed by atoms with Gasteiger partial charge in [0, 0.05) is 27.8 Å². The number of hydrogen-bond acceptors (Lipinski definition) is 2. The number of nitrogens with zero attached hydrogens (tertiary/aromatic N) is 1. The third-order valence-electron chi connectivity index (χ3n) is 11.2. The maximum atomic E-state index is 6.29. The minimum atomic E-state index is 0.880. The highest BCUT2D eigenvalue weighted by molar-refractivity contribution is 6.22. The van der Waals surface area contributed by atoms with Crippen molar-refractivity contribution in [3.63, 3.8) is 0 Å². The van der Waals surface area contributed by atoms with E-state index in [4.69, 9.17) is 4.42 Å². The Hall–Kier alpha value is -7.42. The van der Waals surface area contributed by atoms with Crippen LogP contribution in [-0.4, -0.2) is 0 Å². The molecule has 0 bridgehead atoms. The highest BCUT2D eigenvalue weighted by Crippen LogP contribution is 2.47. The molecule has 0 saturated heterocycles. The van der Waals surface area contributed by atoms with Crippen molar-refractivity contribution in [2.75, 3.05) is 4.90 Å². The minimum absolute atomic E-state index is 0.880. The van der Waals surface area contributed by atoms with E-state index in [1.165, 1.54) is 65.7 Å². The molecule has 0 atom stereocenters. The van der Waals surface area contributed by atoms with E-state index in [9.17, 15) is 0 Å². The number of fused-ring (bicyclic) bond motifs is 7. The quantitative estimate of drug-likeness (QED) is 0.160. The number of para-hydroxylation sites is 1. The van der Waals surface area contributed by atoms with Gasteiger partial charge < -0.3 is 9.32 Å². The first-order valence-corrected chi connectivity index (χ1v) is 19.2. The lowest BCUT2D eigenvalue weighted by atomic mass is 9.85. The second-order valence-corrected chi connectivity index (χ2v) is 14.5. The molecule has 1 heterocycles. The summed E-state index contributed by atoms with van der Waals surface area (Å²) >= 11 is 0. The smallest absolute Gasteiger partial charge is 0.135 e. The molecule has 0 fully saturated rings. The van der Waals surface area contributed by atoms with Gasteiger partial charge in [0.1, 0.15) is 11.2 Å². The summed E-state index contributed by atoms with van der Waals surface area (Å²) in [4.78, 5) is 2.39. The van der Waals surface area contributed by atoms with E-state index in [-0.39, 0.29) is 0 Å². The molecular formula is C54H35NO. The highest BCUT2D eigenvalue weighted by Gasteiger charge is 2.21. The van der Waals surface area contributed by atoms with Crippen LogP contribution in [0.3, 0.4) is 0 Å². The van der Waals surface area contributed by atoms with Gasteiger partial charge >= 0.3 is 0 Å². The Labute approximate surface area is 325 Å². The van der Waals surface area contributed by atoms with E-state index >= 15 is 0 Å². The van der Waals surface area contributed by atoms with Crippen LogP contribution < -0.4 is 4.90 Å². The molecule has 0 unspecified atom stereocenters. The van der Waals surface area contributed by atoms with Gasteiger partial charge in [-0.3, -0.25) is 0 Å². The SMILES string of the molecule is c1ccc(-c2c(-c3ccccc3)c3cc(N(c4ccc(-c5ccc6ccccc6c5)cc4)c4ccc5oc6ccccc6c5c4)ccc3c3ccccc23)cc1. The Balaban J connectivity index is 1.16. The predicted octanol–water partition coefficient (Wildman–Crippen LogP) is 15.5. The summed E-state index contributed by atoms with van der Waals surface area (Å²) in [5.74, 6) is 0. The maximum Gasteiger partial charge on any atom is 0.135 e. The van der Waals surface area contributed by atoms with Gasteiger partial charge in [0.25, 0.3) is 0 Å². The topological polar surface area (TPSA) is 16.4 Å². The summed E-state index contributed by atoms with van der Waals surface area (Å²) in [6, 6.07) is 76.6. The fraction of sp³-hybridized carbons (Fsp3) is 0. The van der Waals surface area contributed by atoms with Gasteiger partial charge in [0.05, 0.1) is 0 Å². The number of anilines is 3. The van der Waals surface area contributed by atoms with Crippen LogP contribution in [0.5, 0.6) is 0 Å². The van der Waals surface area contributed by atoms with E-state index in [1.54, 1.807) is 0 Å². The zero-order chi connectivity index (χ0) is 37.0. The molecule has 0 aliphatic rings. The minimum Gasteiger partial charge on any atom is -0.456 e. The molecule has 0 saturated carbocycles. The Morgan fingerprint density at radius 2 is 0.786 bits per heavy atom. The molecule has 11 rings (SSSR count). The Kier molecular flexibility index (Phi) is 7.53. The van der Waals surface area contributed by atoms with E-state index < -0.39 is 0 Å². The monoisotopic (exact) mass is 713 g/mol. The fourth-order valence-corrected chi connectivity index (χ4v) is 8.60. The molecule has 56 heavy (non-hydrogen) atoms. The summed E-state index contributed by atoms with van der Waals surface area (Å²) in [7, 11) is 0. The number of benzene rings is 10. The lowest BCUT2D eigenvalue weighted by Crippen LogP contribution is -2.10. The van der Waals surface area contributed by atoms with E-state index in [1.807, 2.05) is 12.1 Å². The van der Waals surface area contributed by atoms with E-state index in [0.29, 0.717) is 0 Å². The Bertz CT molecular complexity index is 3230. The van der Waals surface area contributed by atoms with Crippen molar-refractivity contribution in [3.8, 4) is 33.4 Å². The lowest BCUT2D eigenvalue weighted by Gasteiger charge is -2.27. The largest absolute Gasteiger partial charge is 0.456 e. The molecule has 1 aromatic heterocycles. The molecule has 0 radical (unpaired) electrons. The van der Waals surface area contributed by atoms with Crippen LogP contribution in [0.2, 0.25) is 0 Å². The molecule has 262 valence electrons. The molecule has 2 nitrogen and oxygen atoms in total. The normalized spacial score (nSPS) is 11.6. The second kappa shape index (κ2) is 13.2. The first kappa shape index (κ1) is 32.0. The Morgan fingerprint density at radius 1 is 0.268 bits per heavy atom. The molecule has 10 aromatic carbocycles. The molecule has 2 heteroatoms. The first-order chi connectivity index (χ1) is 27.8. The second-order valence-electron chi connectivity index (χ2n) is 14.5. The van der Waals surface area contributed by atoms with Crippen LogP contribution in [0.15, 0.2) is 217 Å². The van der Waals surface area contributed by atoms with Crippen molar-refractivity contribution in [2.45, 2.75) is 0 Å². The van der Waals surface area contributed by atoms with Gasteiger partial charge in [-0.1, -0.05) is 158 Å². The average Bonchev–Trinajstić information content (AvgIpc) is 3.65. The highest BCUT2D eigenvalue weighted by atomic mass is 16.3. The number of furan rings is 1. The molecule has 0 N–H and O–H groups in total. The third kappa shape index (κ3) is 5.34. The number of hydrogen-bond donors (Lipinski definition) is 0. The molecular weight excluding hydrogens is 679 g/mol. The van der Waals surface area contributed by atoms with E-state index in [0.717, 1.165) is 39.0 Å². The summed E-state index contributed by atoms with van der Waals surface area (Å²) in [5.41, 5.74) is 12.2. The molecule has 0 spiro atoms. The van der Waals surface area contributed by atoms with Crippen LogP contribution in [0.4, 0.5) is 17.1 Å². The molecule has 0 amide bonds. The third-order valence-corrected chi connectivity index (χ3v) is 11.2. The predicted molar refractivity (Wildman–Crippen MR) is 237 cm³/mol. The van der Waals surface area contributed by atoms with Crippen molar-refractivity contribution >= 4 is 71.3 Å². The van der Waals surface area contributed by atoms with Crippen molar-refractivity contribution in [2.24, 2.45) is 0 Å². The van der Waals surface area contributed by atoms with Gasteiger partial charge in [-0.2, -0.15) is 0 Å². The summed E-state index contributed by atoms with van der Waals surface area (Å²) in [5, 5.41) is 9.62. The van der Waals surface area contributed by atoms with Crippen molar-refractivity contribution in [1.82, 2.24) is 0 Å². The standard InChI is InChI=1S/C54H35NO/c1-3-14-38(15-4-1)53-48-21-10-9-19-45(48)46-31-29-43(35-50(46)54(53)39-16-5-2-6-17-39)55(44-30-32-52-49(34-44)47-20-11-12-22-51(47)56-52)42-27-25-37(26-28-42)41-24-23-36-13-7-8-18-40(36)33-41/h1-35H. The lowest BCUT2D eigenvalue weighted by molar-refractivity contribution is 0.669. The van der Waals surface area contributed by atoms with Crippen molar-refractivity contribution in [1.29, 1.82) is 0 Å². The van der Waals surface area contributed by atoms with Gasteiger partial charge in [0.15, 0.2) is 0 Å². The summed E-state index contributed by atoms with van der Waals surface area (Å²) in [6.45, 7) is 0. The zero-order valence-corrected chi connectivity index (χ0v) is 30.6. The van der Waals surface area contributed by atoms with Crippen LogP contribution in [0.25, 0.3) is 87.6 Å². The van der Waals surface area contributed by atoms with Crippen LogP contribution in [0.1, 0.15) is 0 Å². The fourth-order valence-electron chi connectivity index (χ4n) is 8.60. The van der Waals surface area contributed by atoms with Gasteiger partial charge in [0.2, 0.25) is 0 Å². The van der Waals surface area contributed by atoms with Crippen LogP contribution in [0, 0.1) is 0 Å². The van der Waals surface area contributed by atoms with Gasteiger partial charge in [-0.25, -0.2) is 0 Å². The van der Waals surface area contributed by atoms with Gasteiger partial charge in [-0.05, 0) is 120 Å². The van der Waals surface area contributed by atoms with Crippen molar-refractivity contribution < 1.29 is 4.42 Å². The van der Waals surface area contributed by atoms with Crippen LogP contribution >= 0.6 is 0 Å². The average molecular weight is 714 g/mol. The molecule has 0 aliphatic heterocycles. The first-order valence-electron chi connectivity index (χ1n) is 19.2. The van der Waals surface area contributed by atoms with Crippen molar-refractivity contribution in [3.05, 3.63) is 212 Å².